The van der Waals surface area contributed by atoms with Gasteiger partial charge in [0.25, 0.3) is 0 Å². The average Bonchev–Trinajstić information content (AvgIpc) is 2.69. The van der Waals surface area contributed by atoms with Crippen molar-refractivity contribution in [2.45, 2.75) is 26.4 Å². The number of hydrogen-bond donors (Lipinski definition) is 1. The molecule has 0 fully saturated rings. The SMILES string of the molecule is CC(C)(C)OC(=O)OC(=O)c1cc2ccccc2[nH]1. The van der Waals surface area contributed by atoms with Crippen molar-refractivity contribution in [1.29, 1.82) is 0 Å². The summed E-state index contributed by atoms with van der Waals surface area (Å²) in [6, 6.07) is 9.03. The smallest absolute Gasteiger partial charge is 0.428 e. The fourth-order valence-electron chi connectivity index (χ4n) is 1.58. The number of ether oxygens (including phenoxy) is 2. The van der Waals surface area contributed by atoms with Gasteiger partial charge >= 0.3 is 12.1 Å². The van der Waals surface area contributed by atoms with Gasteiger partial charge in [0.05, 0.1) is 0 Å². The Morgan fingerprint density at radius 2 is 1.84 bits per heavy atom. The first-order valence-corrected chi connectivity index (χ1v) is 5.88. The van der Waals surface area contributed by atoms with Crippen LogP contribution < -0.4 is 0 Å². The summed E-state index contributed by atoms with van der Waals surface area (Å²) in [6.07, 6.45) is -1.00. The van der Waals surface area contributed by atoms with Gasteiger partial charge in [0, 0.05) is 10.9 Å². The first-order valence-electron chi connectivity index (χ1n) is 5.88. The Labute approximate surface area is 110 Å². The number of H-pyrrole nitrogens is 1. The normalized spacial score (nSPS) is 11.3. The topological polar surface area (TPSA) is 68.4 Å². The summed E-state index contributed by atoms with van der Waals surface area (Å²) >= 11 is 0. The highest BCUT2D eigenvalue weighted by atomic mass is 16.7. The van der Waals surface area contributed by atoms with Crippen LogP contribution in [0.2, 0.25) is 0 Å². The molecule has 19 heavy (non-hydrogen) atoms. The van der Waals surface area contributed by atoms with E-state index in [1.165, 1.54) is 0 Å². The van der Waals surface area contributed by atoms with Crippen LogP contribution in [-0.2, 0) is 9.47 Å². The summed E-state index contributed by atoms with van der Waals surface area (Å²) in [5.41, 5.74) is 0.323. The van der Waals surface area contributed by atoms with Gasteiger partial charge in [-0.15, -0.1) is 0 Å². The van der Waals surface area contributed by atoms with Gasteiger partial charge in [-0.05, 0) is 32.9 Å². The lowest BCUT2D eigenvalue weighted by molar-refractivity contribution is -0.00177. The molecule has 1 aromatic heterocycles. The van der Waals surface area contributed by atoms with Crippen molar-refractivity contribution in [1.82, 2.24) is 4.98 Å². The number of benzene rings is 1. The first-order chi connectivity index (χ1) is 8.85. The number of fused-ring (bicyclic) bond motifs is 1. The number of aromatic nitrogens is 1. The maximum Gasteiger partial charge on any atom is 0.516 e. The Bertz CT molecular complexity index is 589. The molecule has 2 rings (SSSR count). The minimum absolute atomic E-state index is 0.215. The number of rotatable bonds is 1. The molecule has 1 heterocycles. The molecular weight excluding hydrogens is 246 g/mol. The summed E-state index contributed by atoms with van der Waals surface area (Å²) in [4.78, 5) is 26.0. The van der Waals surface area contributed by atoms with Crippen LogP contribution >= 0.6 is 0 Å². The molecule has 0 atom stereocenters. The van der Waals surface area contributed by atoms with Gasteiger partial charge in [-0.1, -0.05) is 18.2 Å². The quantitative estimate of drug-likeness (QED) is 0.632. The van der Waals surface area contributed by atoms with E-state index >= 15 is 0 Å². The van der Waals surface area contributed by atoms with Crippen molar-refractivity contribution in [3.63, 3.8) is 0 Å². The standard InChI is InChI=1S/C14H15NO4/c1-14(2,3)19-13(17)18-12(16)11-8-9-6-4-5-7-10(9)15-11/h4-8,15H,1-3H3. The lowest BCUT2D eigenvalue weighted by atomic mass is 10.2. The first kappa shape index (κ1) is 13.1. The largest absolute Gasteiger partial charge is 0.516 e. The number of hydrogen-bond acceptors (Lipinski definition) is 4. The second-order valence-corrected chi connectivity index (χ2v) is 5.12. The van der Waals surface area contributed by atoms with Gasteiger partial charge in [0.1, 0.15) is 11.3 Å². The second kappa shape index (κ2) is 4.76. The number of aromatic amines is 1. The Kier molecular flexibility index (Phi) is 3.29. The predicted octanol–water partition coefficient (Wildman–Crippen LogP) is 3.26. The molecule has 0 unspecified atom stereocenters. The van der Waals surface area contributed by atoms with Crippen LogP contribution in [-0.4, -0.2) is 22.7 Å². The van der Waals surface area contributed by atoms with E-state index in [2.05, 4.69) is 9.72 Å². The van der Waals surface area contributed by atoms with Crippen molar-refractivity contribution in [2.24, 2.45) is 0 Å². The third-order valence-electron chi connectivity index (χ3n) is 2.32. The van der Waals surface area contributed by atoms with Crippen LogP contribution in [0.15, 0.2) is 30.3 Å². The highest BCUT2D eigenvalue weighted by Gasteiger charge is 2.21. The highest BCUT2D eigenvalue weighted by molar-refractivity contribution is 5.98. The molecule has 100 valence electrons. The molecule has 5 nitrogen and oxygen atoms in total. The van der Waals surface area contributed by atoms with E-state index in [-0.39, 0.29) is 5.69 Å². The van der Waals surface area contributed by atoms with Gasteiger partial charge in [0.2, 0.25) is 0 Å². The summed E-state index contributed by atoms with van der Waals surface area (Å²) in [5, 5.41) is 0.874. The average molecular weight is 261 g/mol. The highest BCUT2D eigenvalue weighted by Crippen LogP contribution is 2.16. The Morgan fingerprint density at radius 3 is 2.47 bits per heavy atom. The molecule has 1 aromatic carbocycles. The maximum atomic E-state index is 11.8. The lowest BCUT2D eigenvalue weighted by Crippen LogP contribution is -2.26. The molecule has 5 heteroatoms. The summed E-state index contributed by atoms with van der Waals surface area (Å²) < 4.78 is 9.52. The molecule has 0 bridgehead atoms. The van der Waals surface area contributed by atoms with Gasteiger partial charge in [0.15, 0.2) is 0 Å². The van der Waals surface area contributed by atoms with E-state index in [0.717, 1.165) is 10.9 Å². The number of esters is 1. The Balaban J connectivity index is 2.10. The fourth-order valence-corrected chi connectivity index (χ4v) is 1.58. The van der Waals surface area contributed by atoms with E-state index in [1.54, 1.807) is 26.8 Å². The number of carbonyl (C=O) groups is 2. The Hall–Kier alpha value is -2.30. The molecule has 0 aliphatic rings. The molecule has 0 spiro atoms. The summed E-state index contributed by atoms with van der Waals surface area (Å²) in [7, 11) is 0. The number of para-hydroxylation sites is 1. The Morgan fingerprint density at radius 1 is 1.16 bits per heavy atom. The van der Waals surface area contributed by atoms with E-state index in [0.29, 0.717) is 0 Å². The van der Waals surface area contributed by atoms with E-state index in [9.17, 15) is 9.59 Å². The minimum atomic E-state index is -1.00. The van der Waals surface area contributed by atoms with Crippen LogP contribution in [0.1, 0.15) is 31.3 Å². The molecule has 0 aliphatic heterocycles. The summed E-state index contributed by atoms with van der Waals surface area (Å²) in [6.45, 7) is 5.09. The van der Waals surface area contributed by atoms with Crippen LogP contribution in [0, 0.1) is 0 Å². The number of nitrogens with one attached hydrogen (secondary N) is 1. The second-order valence-electron chi connectivity index (χ2n) is 5.12. The molecule has 0 amide bonds. The van der Waals surface area contributed by atoms with Crippen molar-refractivity contribution in [3.8, 4) is 0 Å². The monoisotopic (exact) mass is 261 g/mol. The lowest BCUT2D eigenvalue weighted by Gasteiger charge is -2.17. The molecule has 0 saturated carbocycles. The van der Waals surface area contributed by atoms with Crippen LogP contribution in [0.25, 0.3) is 10.9 Å². The maximum absolute atomic E-state index is 11.8. The molecule has 0 radical (unpaired) electrons. The fraction of sp³-hybridized carbons (Fsp3) is 0.286. The zero-order valence-electron chi connectivity index (χ0n) is 11.0. The van der Waals surface area contributed by atoms with Crippen LogP contribution in [0.4, 0.5) is 4.79 Å². The molecule has 2 aromatic rings. The van der Waals surface area contributed by atoms with Gasteiger partial charge in [-0.25, -0.2) is 9.59 Å². The molecule has 0 aliphatic carbocycles. The third-order valence-corrected chi connectivity index (χ3v) is 2.32. The van der Waals surface area contributed by atoms with E-state index in [4.69, 9.17) is 4.74 Å². The predicted molar refractivity (Wildman–Crippen MR) is 69.9 cm³/mol. The van der Waals surface area contributed by atoms with Crippen LogP contribution in [0.3, 0.4) is 0 Å². The zero-order valence-corrected chi connectivity index (χ0v) is 11.0. The van der Waals surface area contributed by atoms with Crippen molar-refractivity contribution >= 4 is 23.0 Å². The van der Waals surface area contributed by atoms with Gasteiger partial charge in [-0.3, -0.25) is 0 Å². The molecule has 1 N–H and O–H groups in total. The van der Waals surface area contributed by atoms with Crippen LogP contribution in [0.5, 0.6) is 0 Å². The van der Waals surface area contributed by atoms with E-state index < -0.39 is 17.7 Å². The molecule has 0 saturated heterocycles. The molecular formula is C14H15NO4. The third kappa shape index (κ3) is 3.34. The van der Waals surface area contributed by atoms with E-state index in [1.807, 2.05) is 24.3 Å². The zero-order chi connectivity index (χ0) is 14.0. The van der Waals surface area contributed by atoms with Crippen molar-refractivity contribution in [3.05, 3.63) is 36.0 Å². The van der Waals surface area contributed by atoms with Gasteiger partial charge in [-0.2, -0.15) is 0 Å². The number of carbonyl (C=O) groups excluding carboxylic acids is 2. The van der Waals surface area contributed by atoms with Gasteiger partial charge < -0.3 is 14.5 Å². The summed E-state index contributed by atoms with van der Waals surface area (Å²) in [5.74, 6) is -0.759. The van der Waals surface area contributed by atoms with Crippen molar-refractivity contribution in [2.75, 3.05) is 0 Å². The van der Waals surface area contributed by atoms with Crippen molar-refractivity contribution < 1.29 is 19.1 Å². The minimum Gasteiger partial charge on any atom is -0.428 e.